The number of amides is 1. The van der Waals surface area contributed by atoms with Gasteiger partial charge in [0.25, 0.3) is 0 Å². The van der Waals surface area contributed by atoms with Gasteiger partial charge in [0.15, 0.2) is 0 Å². The van der Waals surface area contributed by atoms with Crippen molar-refractivity contribution >= 4 is 5.91 Å². The highest BCUT2D eigenvalue weighted by Crippen LogP contribution is 2.41. The first-order valence-electron chi connectivity index (χ1n) is 7.97. The van der Waals surface area contributed by atoms with Crippen LogP contribution in [0.4, 0.5) is 0 Å². The minimum absolute atomic E-state index is 0.0548. The van der Waals surface area contributed by atoms with Crippen LogP contribution in [0.1, 0.15) is 49.7 Å². The number of aryl methyl sites for hydroxylation is 1. The summed E-state index contributed by atoms with van der Waals surface area (Å²) in [5.41, 5.74) is 5.00. The fourth-order valence-electron chi connectivity index (χ4n) is 3.51. The second kappa shape index (κ2) is 5.88. The van der Waals surface area contributed by atoms with Crippen molar-refractivity contribution in [2.75, 3.05) is 0 Å². The highest BCUT2D eigenvalue weighted by Gasteiger charge is 2.37. The molecule has 0 spiro atoms. The lowest BCUT2D eigenvalue weighted by atomic mass is 9.73. The summed E-state index contributed by atoms with van der Waals surface area (Å²) in [6.07, 6.45) is 8.42. The zero-order chi connectivity index (χ0) is 14.8. The zero-order valence-corrected chi connectivity index (χ0v) is 12.9. The van der Waals surface area contributed by atoms with E-state index in [2.05, 4.69) is 55.6 Å². The molecule has 0 aromatic heterocycles. The Morgan fingerprint density at radius 2 is 2.00 bits per heavy atom. The lowest BCUT2D eigenvalue weighted by Crippen LogP contribution is -2.40. The van der Waals surface area contributed by atoms with Crippen LogP contribution in [0.3, 0.4) is 0 Å². The largest absolute Gasteiger partial charge is 0.329 e. The molecule has 2 unspecified atom stereocenters. The number of carbonyl (C=O) groups is 1. The second-order valence-electron chi connectivity index (χ2n) is 6.15. The Balaban J connectivity index is 2.06. The molecule has 0 saturated carbocycles. The van der Waals surface area contributed by atoms with E-state index in [-0.39, 0.29) is 17.7 Å². The summed E-state index contributed by atoms with van der Waals surface area (Å²) < 4.78 is 0. The average Bonchev–Trinajstić information content (AvgIpc) is 2.49. The number of carbonyl (C=O) groups excluding carboxylic acids is 1. The Morgan fingerprint density at radius 3 is 2.71 bits per heavy atom. The summed E-state index contributed by atoms with van der Waals surface area (Å²) in [5, 5.41) is 3.15. The van der Waals surface area contributed by atoms with Crippen molar-refractivity contribution in [3.8, 4) is 0 Å². The van der Waals surface area contributed by atoms with Crippen molar-refractivity contribution in [1.82, 2.24) is 5.32 Å². The summed E-state index contributed by atoms with van der Waals surface area (Å²) in [6, 6.07) is 8.68. The topological polar surface area (TPSA) is 29.1 Å². The fraction of sp³-hybridized carbons (Fsp3) is 0.421. The van der Waals surface area contributed by atoms with Crippen LogP contribution < -0.4 is 5.32 Å². The molecule has 1 N–H and O–H groups in total. The standard InChI is InChI=1S/C19H23NO/c1-3-6-16-18(14-11-9-13(2)10-12-14)15-7-4-5-8-17(15)20-19(16)21/h4,7,9-12,16,18H,3,5-6,8H2,1-2H3,(H,20,21). The number of rotatable bonds is 3. The van der Waals surface area contributed by atoms with Gasteiger partial charge in [-0.1, -0.05) is 55.3 Å². The number of hydrogen-bond acceptors (Lipinski definition) is 1. The first-order valence-corrected chi connectivity index (χ1v) is 7.97. The number of benzene rings is 1. The van der Waals surface area contributed by atoms with Crippen molar-refractivity contribution in [2.45, 2.75) is 45.4 Å². The van der Waals surface area contributed by atoms with Gasteiger partial charge in [-0.2, -0.15) is 0 Å². The summed E-state index contributed by atoms with van der Waals surface area (Å²) in [6.45, 7) is 4.26. The molecule has 0 bridgehead atoms. The Labute approximate surface area is 126 Å². The third-order valence-corrected chi connectivity index (χ3v) is 4.59. The number of nitrogens with one attached hydrogen (secondary N) is 1. The maximum absolute atomic E-state index is 12.5. The quantitative estimate of drug-likeness (QED) is 0.882. The molecule has 21 heavy (non-hydrogen) atoms. The Hall–Kier alpha value is -1.83. The molecule has 2 aliphatic rings. The maximum atomic E-state index is 12.5. The Morgan fingerprint density at radius 1 is 1.24 bits per heavy atom. The average molecular weight is 281 g/mol. The number of hydrogen-bond donors (Lipinski definition) is 1. The first kappa shape index (κ1) is 14.1. The van der Waals surface area contributed by atoms with Gasteiger partial charge in [0.05, 0.1) is 0 Å². The van der Waals surface area contributed by atoms with E-state index in [0.717, 1.165) is 31.4 Å². The zero-order valence-electron chi connectivity index (χ0n) is 12.9. The van der Waals surface area contributed by atoms with E-state index >= 15 is 0 Å². The van der Waals surface area contributed by atoms with Gasteiger partial charge in [-0.3, -0.25) is 4.79 Å². The van der Waals surface area contributed by atoms with Crippen LogP contribution in [-0.2, 0) is 4.79 Å². The van der Waals surface area contributed by atoms with Crippen LogP contribution in [0, 0.1) is 12.8 Å². The molecular formula is C19H23NO. The molecular weight excluding hydrogens is 258 g/mol. The van der Waals surface area contributed by atoms with Gasteiger partial charge in [-0.05, 0) is 37.3 Å². The van der Waals surface area contributed by atoms with E-state index in [1.165, 1.54) is 16.7 Å². The van der Waals surface area contributed by atoms with Crippen LogP contribution in [-0.4, -0.2) is 5.91 Å². The van der Waals surface area contributed by atoms with Crippen molar-refractivity contribution in [2.24, 2.45) is 5.92 Å². The van der Waals surface area contributed by atoms with Gasteiger partial charge in [-0.25, -0.2) is 0 Å². The predicted molar refractivity (Wildman–Crippen MR) is 85.9 cm³/mol. The van der Waals surface area contributed by atoms with Crippen molar-refractivity contribution in [3.05, 3.63) is 58.8 Å². The van der Waals surface area contributed by atoms with Crippen LogP contribution in [0.25, 0.3) is 0 Å². The lowest BCUT2D eigenvalue weighted by Gasteiger charge is -2.36. The molecule has 1 aromatic carbocycles. The minimum Gasteiger partial charge on any atom is -0.329 e. The molecule has 1 amide bonds. The van der Waals surface area contributed by atoms with Gasteiger partial charge in [0.2, 0.25) is 5.91 Å². The van der Waals surface area contributed by atoms with E-state index in [4.69, 9.17) is 0 Å². The molecule has 1 aliphatic heterocycles. The van der Waals surface area contributed by atoms with E-state index < -0.39 is 0 Å². The van der Waals surface area contributed by atoms with E-state index in [1.54, 1.807) is 0 Å². The molecule has 3 rings (SSSR count). The van der Waals surface area contributed by atoms with Gasteiger partial charge >= 0.3 is 0 Å². The van der Waals surface area contributed by atoms with Gasteiger partial charge in [0, 0.05) is 17.5 Å². The molecule has 110 valence electrons. The lowest BCUT2D eigenvalue weighted by molar-refractivity contribution is -0.125. The fourth-order valence-corrected chi connectivity index (χ4v) is 3.51. The predicted octanol–water partition coefficient (Wildman–Crippen LogP) is 4.23. The SMILES string of the molecule is CCCC1C(=O)NC2=C(C=CCC2)C1c1ccc(C)cc1. The monoisotopic (exact) mass is 281 g/mol. The van der Waals surface area contributed by atoms with Crippen LogP contribution in [0.2, 0.25) is 0 Å². The van der Waals surface area contributed by atoms with E-state index in [0.29, 0.717) is 0 Å². The van der Waals surface area contributed by atoms with Crippen molar-refractivity contribution in [1.29, 1.82) is 0 Å². The normalized spacial score (nSPS) is 24.8. The molecule has 1 aromatic rings. The highest BCUT2D eigenvalue weighted by molar-refractivity contribution is 5.84. The Kier molecular flexibility index (Phi) is 3.96. The van der Waals surface area contributed by atoms with Gasteiger partial charge in [0.1, 0.15) is 0 Å². The van der Waals surface area contributed by atoms with E-state index in [9.17, 15) is 4.79 Å². The molecule has 1 heterocycles. The summed E-state index contributed by atoms with van der Waals surface area (Å²) in [7, 11) is 0. The van der Waals surface area contributed by atoms with Gasteiger partial charge in [-0.15, -0.1) is 0 Å². The third-order valence-electron chi connectivity index (χ3n) is 4.59. The third kappa shape index (κ3) is 2.67. The molecule has 2 nitrogen and oxygen atoms in total. The van der Waals surface area contributed by atoms with Crippen LogP contribution in [0.5, 0.6) is 0 Å². The first-order chi connectivity index (χ1) is 10.2. The molecule has 2 heteroatoms. The Bertz CT molecular complexity index is 594. The summed E-state index contributed by atoms with van der Waals surface area (Å²) in [5.74, 6) is 0.474. The number of allylic oxidation sites excluding steroid dienone is 4. The summed E-state index contributed by atoms with van der Waals surface area (Å²) >= 11 is 0. The van der Waals surface area contributed by atoms with Crippen LogP contribution >= 0.6 is 0 Å². The maximum Gasteiger partial charge on any atom is 0.228 e. The van der Waals surface area contributed by atoms with E-state index in [1.807, 2.05) is 0 Å². The molecule has 1 aliphatic carbocycles. The summed E-state index contributed by atoms with van der Waals surface area (Å²) in [4.78, 5) is 12.5. The van der Waals surface area contributed by atoms with Crippen molar-refractivity contribution in [3.63, 3.8) is 0 Å². The second-order valence-corrected chi connectivity index (χ2v) is 6.15. The molecule has 2 atom stereocenters. The van der Waals surface area contributed by atoms with Crippen LogP contribution in [0.15, 0.2) is 47.7 Å². The molecule has 0 fully saturated rings. The molecule has 0 radical (unpaired) electrons. The molecule has 0 saturated heterocycles. The highest BCUT2D eigenvalue weighted by atomic mass is 16.2. The smallest absolute Gasteiger partial charge is 0.228 e. The minimum atomic E-state index is 0.0548. The van der Waals surface area contributed by atoms with Crippen molar-refractivity contribution < 1.29 is 4.79 Å². The van der Waals surface area contributed by atoms with Gasteiger partial charge < -0.3 is 5.32 Å².